The first kappa shape index (κ1) is 6.98. The third-order valence-electron chi connectivity index (χ3n) is 1.58. The molecule has 0 aromatic heterocycles. The van der Waals surface area contributed by atoms with Gasteiger partial charge in [0.1, 0.15) is 0 Å². The number of carboxylic acid groups (broad SMARTS) is 1. The molecule has 0 spiro atoms. The summed E-state index contributed by atoms with van der Waals surface area (Å²) < 4.78 is 0. The molecule has 0 aromatic rings. The lowest BCUT2D eigenvalue weighted by atomic mass is 10.1. The lowest BCUT2D eigenvalue weighted by Gasteiger charge is -2.12. The van der Waals surface area contributed by atoms with Gasteiger partial charge in [-0.05, 0) is 13.8 Å². The Labute approximate surface area is 58.1 Å². The zero-order valence-corrected chi connectivity index (χ0v) is 5.83. The van der Waals surface area contributed by atoms with Crippen LogP contribution in [0, 0.1) is 0 Å². The highest BCUT2D eigenvalue weighted by Crippen LogP contribution is 2.30. The van der Waals surface area contributed by atoms with Crippen LogP contribution in [0.1, 0.15) is 13.8 Å². The van der Waals surface area contributed by atoms with Gasteiger partial charge in [-0.1, -0.05) is 0 Å². The van der Waals surface area contributed by atoms with Crippen LogP contribution in [0.4, 0.5) is 4.79 Å². The smallest absolute Gasteiger partial charge is 0.405 e. The second-order valence-corrected chi connectivity index (χ2v) is 2.47. The van der Waals surface area contributed by atoms with Crippen molar-refractivity contribution in [1.82, 2.24) is 5.32 Å². The Hall–Kier alpha value is -1.13. The van der Waals surface area contributed by atoms with Gasteiger partial charge in [-0.15, -0.1) is 0 Å². The lowest BCUT2D eigenvalue weighted by Crippen LogP contribution is -2.41. The van der Waals surface area contributed by atoms with Gasteiger partial charge in [0, 0.05) is 0 Å². The quantitative estimate of drug-likeness (QED) is 0.600. The van der Waals surface area contributed by atoms with Crippen molar-refractivity contribution in [3.8, 4) is 0 Å². The molecule has 1 rings (SSSR count). The molecule has 0 bridgehead atoms. The van der Waals surface area contributed by atoms with Crippen LogP contribution < -0.4 is 5.32 Å². The number of rotatable bonds is 2. The van der Waals surface area contributed by atoms with E-state index in [2.05, 4.69) is 15.5 Å². The third kappa shape index (κ3) is 1.23. The highest BCUT2D eigenvalue weighted by atomic mass is 16.4. The fourth-order valence-corrected chi connectivity index (χ4v) is 0.574. The highest BCUT2D eigenvalue weighted by molar-refractivity contribution is 5.65. The SMILES string of the molecule is CC(NC(=O)O)C1(C)N=N1. The largest absolute Gasteiger partial charge is 0.465 e. The van der Waals surface area contributed by atoms with Crippen LogP contribution in [0.15, 0.2) is 10.2 Å². The molecule has 0 saturated carbocycles. The Morgan fingerprint density at radius 3 is 2.50 bits per heavy atom. The van der Waals surface area contributed by atoms with E-state index < -0.39 is 11.8 Å². The fraction of sp³-hybridized carbons (Fsp3) is 0.800. The summed E-state index contributed by atoms with van der Waals surface area (Å²) in [6.45, 7) is 3.50. The Morgan fingerprint density at radius 1 is 1.70 bits per heavy atom. The first-order valence-electron chi connectivity index (χ1n) is 2.98. The van der Waals surface area contributed by atoms with Gasteiger partial charge in [0.25, 0.3) is 0 Å². The molecule has 1 heterocycles. The predicted octanol–water partition coefficient (Wildman–Crippen LogP) is 0.825. The van der Waals surface area contributed by atoms with E-state index in [9.17, 15) is 4.79 Å². The van der Waals surface area contributed by atoms with E-state index in [4.69, 9.17) is 5.11 Å². The molecule has 5 nitrogen and oxygen atoms in total. The molecular weight excluding hydrogens is 134 g/mol. The van der Waals surface area contributed by atoms with Crippen LogP contribution in [0.3, 0.4) is 0 Å². The standard InChI is InChI=1S/C5H9N3O2/c1-3(6-4(9)10)5(2)7-8-5/h3,6H,1-2H3,(H,9,10). The van der Waals surface area contributed by atoms with Crippen LogP contribution in [0.5, 0.6) is 0 Å². The van der Waals surface area contributed by atoms with Crippen molar-refractivity contribution in [2.75, 3.05) is 0 Å². The highest BCUT2D eigenvalue weighted by Gasteiger charge is 2.41. The molecule has 56 valence electrons. The van der Waals surface area contributed by atoms with Gasteiger partial charge >= 0.3 is 6.09 Å². The number of nitrogens with one attached hydrogen (secondary N) is 1. The second-order valence-electron chi connectivity index (χ2n) is 2.47. The summed E-state index contributed by atoms with van der Waals surface area (Å²) in [6.07, 6.45) is -1.04. The molecule has 1 aliphatic rings. The molecule has 1 atom stereocenters. The van der Waals surface area contributed by atoms with Crippen LogP contribution >= 0.6 is 0 Å². The van der Waals surface area contributed by atoms with Gasteiger partial charge in [0.15, 0.2) is 0 Å². The first-order chi connectivity index (χ1) is 4.54. The maximum Gasteiger partial charge on any atom is 0.405 e. The molecule has 1 unspecified atom stereocenters. The van der Waals surface area contributed by atoms with Crippen LogP contribution in [0.2, 0.25) is 0 Å². The zero-order valence-electron chi connectivity index (χ0n) is 5.83. The van der Waals surface area contributed by atoms with Crippen LogP contribution in [0.25, 0.3) is 0 Å². The Kier molecular flexibility index (Phi) is 1.35. The summed E-state index contributed by atoms with van der Waals surface area (Å²) in [5.74, 6) is 0. The minimum Gasteiger partial charge on any atom is -0.465 e. The van der Waals surface area contributed by atoms with E-state index in [1.54, 1.807) is 13.8 Å². The molecule has 0 aromatic carbocycles. The molecule has 0 aliphatic carbocycles. The van der Waals surface area contributed by atoms with Crippen molar-refractivity contribution < 1.29 is 9.90 Å². The predicted molar refractivity (Wildman–Crippen MR) is 33.9 cm³/mol. The molecule has 2 N–H and O–H groups in total. The molecule has 10 heavy (non-hydrogen) atoms. The van der Waals surface area contributed by atoms with E-state index in [0.29, 0.717) is 0 Å². The number of hydrogen-bond donors (Lipinski definition) is 2. The van der Waals surface area contributed by atoms with Crippen molar-refractivity contribution in [1.29, 1.82) is 0 Å². The van der Waals surface area contributed by atoms with Crippen molar-refractivity contribution >= 4 is 6.09 Å². The summed E-state index contributed by atoms with van der Waals surface area (Å²) in [4.78, 5) is 10.1. The van der Waals surface area contributed by atoms with E-state index in [0.717, 1.165) is 0 Å². The Morgan fingerprint density at radius 2 is 2.20 bits per heavy atom. The minimum absolute atomic E-state index is 0.231. The van der Waals surface area contributed by atoms with Crippen molar-refractivity contribution in [2.24, 2.45) is 10.2 Å². The first-order valence-corrected chi connectivity index (χ1v) is 2.98. The van der Waals surface area contributed by atoms with Crippen molar-refractivity contribution in [2.45, 2.75) is 25.6 Å². The summed E-state index contributed by atoms with van der Waals surface area (Å²) in [7, 11) is 0. The van der Waals surface area contributed by atoms with Gasteiger partial charge in [0.05, 0.1) is 6.04 Å². The molecule has 0 saturated heterocycles. The van der Waals surface area contributed by atoms with Gasteiger partial charge in [0.2, 0.25) is 5.66 Å². The van der Waals surface area contributed by atoms with Gasteiger partial charge in [-0.25, -0.2) is 4.79 Å². The van der Waals surface area contributed by atoms with Gasteiger partial charge in [-0.2, -0.15) is 10.2 Å². The molecular formula is C5H9N3O2. The topological polar surface area (TPSA) is 74.0 Å². The average Bonchev–Trinajstić information content (AvgIpc) is 2.47. The Bertz CT molecular complexity index is 183. The van der Waals surface area contributed by atoms with Crippen LogP contribution in [-0.4, -0.2) is 22.9 Å². The second kappa shape index (κ2) is 1.93. The van der Waals surface area contributed by atoms with Crippen LogP contribution in [-0.2, 0) is 0 Å². The normalized spacial score (nSPS) is 21.8. The number of carbonyl (C=O) groups is 1. The summed E-state index contributed by atoms with van der Waals surface area (Å²) in [5, 5.41) is 17.9. The van der Waals surface area contributed by atoms with E-state index in [-0.39, 0.29) is 6.04 Å². The van der Waals surface area contributed by atoms with E-state index in [1.807, 2.05) is 0 Å². The summed E-state index contributed by atoms with van der Waals surface area (Å²) in [5.41, 5.74) is -0.502. The number of amides is 1. The minimum atomic E-state index is -1.04. The van der Waals surface area contributed by atoms with E-state index in [1.165, 1.54) is 0 Å². The third-order valence-corrected chi connectivity index (χ3v) is 1.58. The summed E-state index contributed by atoms with van der Waals surface area (Å²) in [6, 6.07) is -0.231. The molecule has 1 aliphatic heterocycles. The molecule has 5 heteroatoms. The lowest BCUT2D eigenvalue weighted by molar-refractivity contribution is 0.188. The monoisotopic (exact) mass is 143 g/mol. The summed E-state index contributed by atoms with van der Waals surface area (Å²) >= 11 is 0. The molecule has 0 fully saturated rings. The molecule has 0 radical (unpaired) electrons. The fourth-order valence-electron chi connectivity index (χ4n) is 0.574. The van der Waals surface area contributed by atoms with Crippen molar-refractivity contribution in [3.63, 3.8) is 0 Å². The number of hydrogen-bond acceptors (Lipinski definition) is 3. The Balaban J connectivity index is 2.35. The van der Waals surface area contributed by atoms with Crippen molar-refractivity contribution in [3.05, 3.63) is 0 Å². The van der Waals surface area contributed by atoms with Gasteiger partial charge in [-0.3, -0.25) is 0 Å². The molecule has 1 amide bonds. The maximum absolute atomic E-state index is 10.1. The zero-order chi connectivity index (χ0) is 7.78. The number of nitrogens with zero attached hydrogens (tertiary/aromatic N) is 2. The average molecular weight is 143 g/mol. The van der Waals surface area contributed by atoms with Gasteiger partial charge < -0.3 is 10.4 Å². The maximum atomic E-state index is 10.1. The van der Waals surface area contributed by atoms with E-state index >= 15 is 0 Å².